The molecule has 0 bridgehead atoms. The maximum Gasteiger partial charge on any atom is 0.335 e. The van der Waals surface area contributed by atoms with Crippen LogP contribution in [-0.4, -0.2) is 21.0 Å². The highest BCUT2D eigenvalue weighted by molar-refractivity contribution is 7.16. The number of fused-ring (bicyclic) bond motifs is 1. The van der Waals surface area contributed by atoms with E-state index in [1.807, 2.05) is 11.4 Å². The van der Waals surface area contributed by atoms with Crippen molar-refractivity contribution in [2.75, 3.05) is 5.32 Å². The van der Waals surface area contributed by atoms with Gasteiger partial charge in [-0.25, -0.2) is 19.2 Å². The lowest BCUT2D eigenvalue weighted by Gasteiger charge is -2.08. The summed E-state index contributed by atoms with van der Waals surface area (Å²) < 4.78 is 13.9. The Bertz CT molecular complexity index is 803. The number of anilines is 2. The normalized spacial score (nSPS) is 10.7. The van der Waals surface area contributed by atoms with Gasteiger partial charge in [-0.2, -0.15) is 0 Å². The van der Waals surface area contributed by atoms with Crippen LogP contribution in [0.5, 0.6) is 0 Å². The smallest absolute Gasteiger partial charge is 0.335 e. The van der Waals surface area contributed by atoms with E-state index in [9.17, 15) is 9.18 Å². The van der Waals surface area contributed by atoms with Crippen molar-refractivity contribution in [2.45, 2.75) is 0 Å². The Hall–Kier alpha value is -2.54. The van der Waals surface area contributed by atoms with E-state index < -0.39 is 11.8 Å². The van der Waals surface area contributed by atoms with Gasteiger partial charge in [0.2, 0.25) is 0 Å². The number of nitrogens with one attached hydrogen (secondary N) is 1. The number of carboxylic acids is 1. The number of thiophene rings is 1. The Morgan fingerprint density at radius 1 is 1.30 bits per heavy atom. The van der Waals surface area contributed by atoms with Crippen molar-refractivity contribution in [1.82, 2.24) is 9.97 Å². The molecule has 3 rings (SSSR count). The molecular formula is C13H8FN3O2S. The molecule has 2 aromatic heterocycles. The second kappa shape index (κ2) is 4.86. The van der Waals surface area contributed by atoms with Crippen molar-refractivity contribution < 1.29 is 14.3 Å². The van der Waals surface area contributed by atoms with Crippen molar-refractivity contribution in [2.24, 2.45) is 0 Å². The average Bonchev–Trinajstić information content (AvgIpc) is 2.90. The van der Waals surface area contributed by atoms with Crippen molar-refractivity contribution in [1.29, 1.82) is 0 Å². The van der Waals surface area contributed by atoms with Crippen molar-refractivity contribution in [3.05, 3.63) is 47.4 Å². The quantitative estimate of drug-likeness (QED) is 0.774. The summed E-state index contributed by atoms with van der Waals surface area (Å²) in [6, 6.07) is 5.52. The summed E-state index contributed by atoms with van der Waals surface area (Å²) in [4.78, 5) is 19.7. The zero-order chi connectivity index (χ0) is 14.1. The summed E-state index contributed by atoms with van der Waals surface area (Å²) in [6.45, 7) is 0. The molecule has 20 heavy (non-hydrogen) atoms. The Kier molecular flexibility index (Phi) is 3.03. The van der Waals surface area contributed by atoms with Crippen LogP contribution in [0.3, 0.4) is 0 Å². The molecule has 0 saturated carbocycles. The highest BCUT2D eigenvalue weighted by Crippen LogP contribution is 2.27. The van der Waals surface area contributed by atoms with Gasteiger partial charge in [0.25, 0.3) is 0 Å². The van der Waals surface area contributed by atoms with E-state index in [2.05, 4.69) is 15.3 Å². The molecule has 0 amide bonds. The van der Waals surface area contributed by atoms with Crippen LogP contribution in [0.4, 0.5) is 15.9 Å². The van der Waals surface area contributed by atoms with Crippen LogP contribution in [0, 0.1) is 5.82 Å². The van der Waals surface area contributed by atoms with Crippen molar-refractivity contribution in [3.63, 3.8) is 0 Å². The molecule has 0 aliphatic heterocycles. The monoisotopic (exact) mass is 289 g/mol. The van der Waals surface area contributed by atoms with Crippen LogP contribution in [0.1, 0.15) is 10.4 Å². The molecule has 0 aliphatic rings. The molecule has 2 heterocycles. The molecule has 0 spiro atoms. The summed E-state index contributed by atoms with van der Waals surface area (Å²) in [5, 5.41) is 14.3. The second-order valence-corrected chi connectivity index (χ2v) is 4.88. The molecule has 0 fully saturated rings. The number of benzene rings is 1. The van der Waals surface area contributed by atoms with Gasteiger partial charge in [-0.05, 0) is 29.6 Å². The Balaban J connectivity index is 1.99. The Morgan fingerprint density at radius 3 is 2.90 bits per heavy atom. The fraction of sp³-hybridized carbons (Fsp3) is 0. The molecule has 3 aromatic rings. The van der Waals surface area contributed by atoms with Gasteiger partial charge in [0, 0.05) is 0 Å². The number of hydrogen-bond donors (Lipinski definition) is 2. The van der Waals surface area contributed by atoms with Crippen LogP contribution in [0.25, 0.3) is 10.2 Å². The van der Waals surface area contributed by atoms with E-state index in [-0.39, 0.29) is 11.3 Å². The molecule has 0 aliphatic carbocycles. The zero-order valence-electron chi connectivity index (χ0n) is 10.0. The predicted octanol–water partition coefficient (Wildman–Crippen LogP) is 3.27. The molecular weight excluding hydrogens is 281 g/mol. The molecule has 5 nitrogen and oxygen atoms in total. The number of rotatable bonds is 3. The number of carbonyl (C=O) groups is 1. The first-order valence-corrected chi connectivity index (χ1v) is 6.51. The number of aromatic carboxylic acids is 1. The molecule has 0 radical (unpaired) electrons. The molecule has 100 valence electrons. The number of nitrogens with zero attached hydrogens (tertiary/aromatic N) is 2. The van der Waals surface area contributed by atoms with Gasteiger partial charge in [0.1, 0.15) is 22.8 Å². The molecule has 1 aromatic carbocycles. The number of hydrogen-bond acceptors (Lipinski definition) is 5. The fourth-order valence-electron chi connectivity index (χ4n) is 1.77. The number of carboxylic acid groups (broad SMARTS) is 1. The molecule has 7 heteroatoms. The van der Waals surface area contributed by atoms with E-state index in [4.69, 9.17) is 5.11 Å². The standard InChI is InChI=1S/C13H8FN3O2S/c14-9-5-7(13(18)19)1-2-10(9)17-11-8-3-4-20-12(8)16-6-15-11/h1-6H,(H,18,19)(H,15,16,17). The third kappa shape index (κ3) is 2.19. The summed E-state index contributed by atoms with van der Waals surface area (Å²) in [5.41, 5.74) is 0.0672. The summed E-state index contributed by atoms with van der Waals surface area (Å²) in [7, 11) is 0. The van der Waals surface area contributed by atoms with Gasteiger partial charge in [-0.1, -0.05) is 0 Å². The van der Waals surface area contributed by atoms with Crippen LogP contribution < -0.4 is 5.32 Å². The minimum atomic E-state index is -1.17. The molecule has 2 N–H and O–H groups in total. The van der Waals surface area contributed by atoms with E-state index >= 15 is 0 Å². The van der Waals surface area contributed by atoms with Gasteiger partial charge in [-0.3, -0.25) is 0 Å². The average molecular weight is 289 g/mol. The third-order valence-electron chi connectivity index (χ3n) is 2.73. The van der Waals surface area contributed by atoms with Crippen molar-refractivity contribution >= 4 is 39.0 Å². The largest absolute Gasteiger partial charge is 0.478 e. The zero-order valence-corrected chi connectivity index (χ0v) is 10.8. The maximum absolute atomic E-state index is 13.9. The molecule has 0 unspecified atom stereocenters. The minimum Gasteiger partial charge on any atom is -0.478 e. The Morgan fingerprint density at radius 2 is 2.15 bits per heavy atom. The number of aromatic nitrogens is 2. The first-order chi connectivity index (χ1) is 9.65. The van der Waals surface area contributed by atoms with Gasteiger partial charge < -0.3 is 10.4 Å². The van der Waals surface area contributed by atoms with E-state index in [0.717, 1.165) is 16.3 Å². The first kappa shape index (κ1) is 12.5. The first-order valence-electron chi connectivity index (χ1n) is 5.63. The maximum atomic E-state index is 13.9. The van der Waals surface area contributed by atoms with Gasteiger partial charge in [-0.15, -0.1) is 11.3 Å². The summed E-state index contributed by atoms with van der Waals surface area (Å²) in [5.74, 6) is -1.33. The third-order valence-corrected chi connectivity index (χ3v) is 3.55. The second-order valence-electron chi connectivity index (χ2n) is 3.99. The van der Waals surface area contributed by atoms with Gasteiger partial charge in [0.15, 0.2) is 0 Å². The topological polar surface area (TPSA) is 75.1 Å². The summed E-state index contributed by atoms with van der Waals surface area (Å²) >= 11 is 1.46. The van der Waals surface area contributed by atoms with E-state index in [1.165, 1.54) is 29.8 Å². The van der Waals surface area contributed by atoms with E-state index in [0.29, 0.717) is 5.82 Å². The van der Waals surface area contributed by atoms with Crippen LogP contribution >= 0.6 is 11.3 Å². The van der Waals surface area contributed by atoms with Crippen molar-refractivity contribution in [3.8, 4) is 0 Å². The summed E-state index contributed by atoms with van der Waals surface area (Å²) in [6.07, 6.45) is 1.39. The lowest BCUT2D eigenvalue weighted by molar-refractivity contribution is 0.0696. The number of halogens is 1. The van der Waals surface area contributed by atoms with Crippen LogP contribution in [0.15, 0.2) is 36.0 Å². The predicted molar refractivity (Wildman–Crippen MR) is 74.1 cm³/mol. The SMILES string of the molecule is O=C(O)c1ccc(Nc2ncnc3sccc23)c(F)c1. The minimum absolute atomic E-state index is 0.101. The van der Waals surface area contributed by atoms with Crippen LogP contribution in [-0.2, 0) is 0 Å². The fourth-order valence-corrected chi connectivity index (χ4v) is 2.50. The lowest BCUT2D eigenvalue weighted by Crippen LogP contribution is -2.01. The highest BCUT2D eigenvalue weighted by atomic mass is 32.1. The lowest BCUT2D eigenvalue weighted by atomic mass is 10.2. The van der Waals surface area contributed by atoms with E-state index in [1.54, 1.807) is 0 Å². The highest BCUT2D eigenvalue weighted by Gasteiger charge is 2.11. The van der Waals surface area contributed by atoms with Gasteiger partial charge in [0.05, 0.1) is 16.6 Å². The van der Waals surface area contributed by atoms with Gasteiger partial charge >= 0.3 is 5.97 Å². The molecule has 0 atom stereocenters. The van der Waals surface area contributed by atoms with Crippen LogP contribution in [0.2, 0.25) is 0 Å². The Labute approximate surface area is 116 Å². The molecule has 0 saturated heterocycles.